The molecule has 0 aliphatic rings. The second-order valence-electron chi connectivity index (χ2n) is 5.19. The number of nitro groups is 1. The van der Waals surface area contributed by atoms with Crippen LogP contribution >= 0.6 is 11.3 Å². The van der Waals surface area contributed by atoms with E-state index in [-0.39, 0.29) is 5.69 Å². The number of non-ortho nitro benzene ring substituents is 1. The van der Waals surface area contributed by atoms with Gasteiger partial charge in [0.2, 0.25) is 5.13 Å². The van der Waals surface area contributed by atoms with Crippen LogP contribution in [0, 0.1) is 10.1 Å². The molecule has 2 aromatic carbocycles. The monoisotopic (exact) mass is 377 g/mol. The Bertz CT molecular complexity index is 966. The van der Waals surface area contributed by atoms with E-state index in [1.54, 1.807) is 18.3 Å². The van der Waals surface area contributed by atoms with Gasteiger partial charge in [0.05, 0.1) is 15.4 Å². The van der Waals surface area contributed by atoms with Gasteiger partial charge in [-0.3, -0.25) is 10.1 Å². The third-order valence-corrected chi connectivity index (χ3v) is 4.35. The Morgan fingerprint density at radius 3 is 2.54 bits per heavy atom. The molecule has 0 saturated carbocycles. The van der Waals surface area contributed by atoms with Crippen LogP contribution in [-0.4, -0.2) is 16.1 Å². The van der Waals surface area contributed by atoms with E-state index in [9.17, 15) is 23.3 Å². The number of alkyl halides is 3. The average Bonchev–Trinajstić information content (AvgIpc) is 3.08. The van der Waals surface area contributed by atoms with E-state index in [1.807, 2.05) is 0 Å². The lowest BCUT2D eigenvalue weighted by Crippen LogP contribution is -2.04. The summed E-state index contributed by atoms with van der Waals surface area (Å²) in [5.74, 6) is 0. The molecule has 5 nitrogen and oxygen atoms in total. The van der Waals surface area contributed by atoms with Crippen LogP contribution in [0.2, 0.25) is 0 Å². The topological polar surface area (TPSA) is 68.4 Å². The molecule has 3 rings (SSSR count). The van der Waals surface area contributed by atoms with Crippen molar-refractivity contribution in [1.82, 2.24) is 4.98 Å². The minimum absolute atomic E-state index is 0.0129. The lowest BCUT2D eigenvalue weighted by molar-refractivity contribution is -0.384. The predicted octanol–water partition coefficient (Wildman–Crippen LogP) is 5.49. The van der Waals surface area contributed by atoms with Crippen molar-refractivity contribution in [2.24, 2.45) is 4.99 Å². The van der Waals surface area contributed by atoms with Gasteiger partial charge in [0.15, 0.2) is 0 Å². The molecule has 0 amide bonds. The molecule has 0 radical (unpaired) electrons. The largest absolute Gasteiger partial charge is 0.416 e. The van der Waals surface area contributed by atoms with Gasteiger partial charge < -0.3 is 0 Å². The van der Waals surface area contributed by atoms with Crippen molar-refractivity contribution in [3.8, 4) is 10.4 Å². The molecule has 0 fully saturated rings. The van der Waals surface area contributed by atoms with Crippen molar-refractivity contribution in [3.63, 3.8) is 0 Å². The molecule has 0 aliphatic heterocycles. The zero-order chi connectivity index (χ0) is 18.7. The second-order valence-corrected chi connectivity index (χ2v) is 6.20. The van der Waals surface area contributed by atoms with Gasteiger partial charge in [0, 0.05) is 24.5 Å². The Morgan fingerprint density at radius 1 is 1.15 bits per heavy atom. The van der Waals surface area contributed by atoms with Gasteiger partial charge in [-0.2, -0.15) is 13.2 Å². The summed E-state index contributed by atoms with van der Waals surface area (Å²) in [6.07, 6.45) is -1.54. The summed E-state index contributed by atoms with van der Waals surface area (Å²) in [7, 11) is 0. The number of benzene rings is 2. The minimum Gasteiger partial charge on any atom is -0.258 e. The minimum atomic E-state index is -4.41. The molecular formula is C17H10F3N3O2S. The van der Waals surface area contributed by atoms with Crippen LogP contribution in [0.4, 0.5) is 24.0 Å². The summed E-state index contributed by atoms with van der Waals surface area (Å²) in [6, 6.07) is 10.8. The third kappa shape index (κ3) is 4.12. The number of nitrogens with zero attached hydrogens (tertiary/aromatic N) is 3. The van der Waals surface area contributed by atoms with Crippen molar-refractivity contribution in [3.05, 3.63) is 76.0 Å². The van der Waals surface area contributed by atoms with Gasteiger partial charge >= 0.3 is 6.18 Å². The molecule has 0 saturated heterocycles. The molecule has 1 aromatic heterocycles. The van der Waals surface area contributed by atoms with E-state index in [1.165, 1.54) is 41.8 Å². The lowest BCUT2D eigenvalue weighted by atomic mass is 10.1. The summed E-state index contributed by atoms with van der Waals surface area (Å²) < 4.78 is 38.1. The summed E-state index contributed by atoms with van der Waals surface area (Å²) >= 11 is 1.23. The van der Waals surface area contributed by atoms with E-state index in [0.717, 1.165) is 22.6 Å². The van der Waals surface area contributed by atoms with Crippen LogP contribution in [0.15, 0.2) is 59.7 Å². The average molecular weight is 377 g/mol. The number of aliphatic imine (C=N–C) groups is 1. The Hall–Kier alpha value is -3.07. The van der Waals surface area contributed by atoms with E-state index in [2.05, 4.69) is 9.98 Å². The summed E-state index contributed by atoms with van der Waals surface area (Å²) in [5, 5.41) is 11.0. The molecule has 0 aliphatic carbocycles. The maximum Gasteiger partial charge on any atom is 0.416 e. The van der Waals surface area contributed by atoms with E-state index in [0.29, 0.717) is 10.7 Å². The molecule has 1 heterocycles. The van der Waals surface area contributed by atoms with Crippen LogP contribution in [0.3, 0.4) is 0 Å². The molecule has 0 unspecified atom stereocenters. The smallest absolute Gasteiger partial charge is 0.258 e. The van der Waals surface area contributed by atoms with Crippen LogP contribution < -0.4 is 0 Å². The van der Waals surface area contributed by atoms with Crippen LogP contribution in [0.25, 0.3) is 10.4 Å². The quantitative estimate of drug-likeness (QED) is 0.343. The number of nitro benzene ring substituents is 1. The normalized spacial score (nSPS) is 11.8. The number of rotatable bonds is 4. The summed E-state index contributed by atoms with van der Waals surface area (Å²) in [4.78, 5) is 19.1. The Kier molecular flexibility index (Phi) is 4.81. The van der Waals surface area contributed by atoms with Gasteiger partial charge in [0.1, 0.15) is 0 Å². The first kappa shape index (κ1) is 17.7. The lowest BCUT2D eigenvalue weighted by Gasteiger charge is -2.06. The third-order valence-electron chi connectivity index (χ3n) is 3.39. The maximum atomic E-state index is 12.7. The predicted molar refractivity (Wildman–Crippen MR) is 92.9 cm³/mol. The fourth-order valence-corrected chi connectivity index (χ4v) is 2.90. The molecule has 0 bridgehead atoms. The van der Waals surface area contributed by atoms with Crippen molar-refractivity contribution in [1.29, 1.82) is 0 Å². The van der Waals surface area contributed by atoms with Gasteiger partial charge in [-0.25, -0.2) is 9.98 Å². The first-order valence-corrected chi connectivity index (χ1v) is 8.06. The van der Waals surface area contributed by atoms with Gasteiger partial charge in [-0.15, -0.1) is 0 Å². The SMILES string of the molecule is O=[N+]([O-])c1ccc(-c2cnc(N=Cc3cccc(C(F)(F)F)c3)s2)cc1. The summed E-state index contributed by atoms with van der Waals surface area (Å²) in [6.45, 7) is 0. The molecule has 26 heavy (non-hydrogen) atoms. The van der Waals surface area contributed by atoms with Crippen LogP contribution in [0.1, 0.15) is 11.1 Å². The number of hydrogen-bond donors (Lipinski definition) is 0. The molecule has 0 N–H and O–H groups in total. The van der Waals surface area contributed by atoms with Crippen molar-refractivity contribution in [2.75, 3.05) is 0 Å². The highest BCUT2D eigenvalue weighted by Crippen LogP contribution is 2.32. The first-order valence-electron chi connectivity index (χ1n) is 7.25. The fraction of sp³-hybridized carbons (Fsp3) is 0.0588. The standard InChI is InChI=1S/C17H10F3N3O2S/c18-17(19,20)13-3-1-2-11(8-13)9-21-16-22-10-15(26-16)12-4-6-14(7-5-12)23(24)25/h1-10H. The zero-order valence-electron chi connectivity index (χ0n) is 13.0. The van der Waals surface area contributed by atoms with Crippen LogP contribution in [0.5, 0.6) is 0 Å². The number of thiazole rings is 1. The first-order chi connectivity index (χ1) is 12.3. The highest BCUT2D eigenvalue weighted by atomic mass is 32.1. The number of halogens is 3. The fourth-order valence-electron chi connectivity index (χ4n) is 2.13. The highest BCUT2D eigenvalue weighted by molar-refractivity contribution is 7.18. The highest BCUT2D eigenvalue weighted by Gasteiger charge is 2.30. The van der Waals surface area contributed by atoms with Gasteiger partial charge in [-0.05, 0) is 35.4 Å². The van der Waals surface area contributed by atoms with E-state index < -0.39 is 16.7 Å². The van der Waals surface area contributed by atoms with E-state index >= 15 is 0 Å². The van der Waals surface area contributed by atoms with Crippen LogP contribution in [-0.2, 0) is 6.18 Å². The molecular weight excluding hydrogens is 367 g/mol. The molecule has 0 spiro atoms. The molecule has 132 valence electrons. The zero-order valence-corrected chi connectivity index (χ0v) is 13.8. The Balaban J connectivity index is 1.78. The van der Waals surface area contributed by atoms with Crippen molar-refractivity contribution >= 4 is 28.4 Å². The summed E-state index contributed by atoms with van der Waals surface area (Å²) in [5.41, 5.74) is 0.300. The van der Waals surface area contributed by atoms with Crippen molar-refractivity contribution < 1.29 is 18.1 Å². The Morgan fingerprint density at radius 2 is 1.88 bits per heavy atom. The molecule has 3 aromatic rings. The molecule has 0 atom stereocenters. The maximum absolute atomic E-state index is 12.7. The van der Waals surface area contributed by atoms with Crippen molar-refractivity contribution in [2.45, 2.75) is 6.18 Å². The van der Waals surface area contributed by atoms with Gasteiger partial charge in [0.25, 0.3) is 5.69 Å². The Labute approximate surface area is 149 Å². The molecule has 9 heteroatoms. The van der Waals surface area contributed by atoms with Gasteiger partial charge in [-0.1, -0.05) is 23.5 Å². The number of hydrogen-bond acceptors (Lipinski definition) is 5. The number of aromatic nitrogens is 1. The van der Waals surface area contributed by atoms with E-state index in [4.69, 9.17) is 0 Å². The second kappa shape index (κ2) is 7.04.